The van der Waals surface area contributed by atoms with Crippen LogP contribution in [0.15, 0.2) is 0 Å². The Morgan fingerprint density at radius 3 is 2.33 bits per heavy atom. The van der Waals surface area contributed by atoms with Gasteiger partial charge in [-0.3, -0.25) is 0 Å². The van der Waals surface area contributed by atoms with E-state index < -0.39 is 0 Å². The van der Waals surface area contributed by atoms with Crippen molar-refractivity contribution < 1.29 is 0 Å². The highest BCUT2D eigenvalue weighted by atomic mass is 14.8. The standard InChI is InChI=1S/C17H33N/c1-13-5-7-14(8-6-13)16-11-17(2,3)10-9-15(16)12-18-4/h13-16,18H,5-12H2,1-4H3. The Hall–Kier alpha value is -0.0400. The molecular formula is C17H33N. The predicted octanol–water partition coefficient (Wildman–Crippen LogP) is 4.47. The van der Waals surface area contributed by atoms with E-state index >= 15 is 0 Å². The van der Waals surface area contributed by atoms with Crippen molar-refractivity contribution in [1.82, 2.24) is 5.32 Å². The SMILES string of the molecule is CNCC1CCC(C)(C)CC1C1CCC(C)CC1. The lowest BCUT2D eigenvalue weighted by atomic mass is 9.60. The van der Waals surface area contributed by atoms with Crippen LogP contribution >= 0.6 is 0 Å². The molecule has 2 saturated carbocycles. The lowest BCUT2D eigenvalue weighted by Crippen LogP contribution is -2.39. The molecule has 0 aromatic rings. The summed E-state index contributed by atoms with van der Waals surface area (Å²) in [4.78, 5) is 0. The van der Waals surface area contributed by atoms with Crippen LogP contribution in [0.2, 0.25) is 0 Å². The van der Waals surface area contributed by atoms with Crippen molar-refractivity contribution in [3.63, 3.8) is 0 Å². The first-order valence-electron chi connectivity index (χ1n) is 8.16. The second-order valence-corrected chi connectivity index (χ2v) is 7.91. The minimum atomic E-state index is 0.595. The van der Waals surface area contributed by atoms with Gasteiger partial charge < -0.3 is 5.32 Å². The zero-order chi connectivity index (χ0) is 13.2. The van der Waals surface area contributed by atoms with Crippen LogP contribution in [0.25, 0.3) is 0 Å². The fraction of sp³-hybridized carbons (Fsp3) is 1.00. The van der Waals surface area contributed by atoms with Crippen molar-refractivity contribution in [2.24, 2.45) is 29.1 Å². The van der Waals surface area contributed by atoms with Crippen molar-refractivity contribution >= 4 is 0 Å². The topological polar surface area (TPSA) is 12.0 Å². The maximum Gasteiger partial charge on any atom is -0.00208 e. The second kappa shape index (κ2) is 5.94. The van der Waals surface area contributed by atoms with E-state index in [0.29, 0.717) is 5.41 Å². The summed E-state index contributed by atoms with van der Waals surface area (Å²) in [7, 11) is 2.12. The van der Waals surface area contributed by atoms with Crippen LogP contribution in [-0.2, 0) is 0 Å². The van der Waals surface area contributed by atoms with Crippen LogP contribution in [0.1, 0.15) is 65.7 Å². The van der Waals surface area contributed by atoms with Gasteiger partial charge in [0.25, 0.3) is 0 Å². The van der Waals surface area contributed by atoms with Gasteiger partial charge >= 0.3 is 0 Å². The second-order valence-electron chi connectivity index (χ2n) is 7.91. The molecule has 2 atom stereocenters. The molecule has 2 rings (SSSR count). The van der Waals surface area contributed by atoms with Gasteiger partial charge in [-0.1, -0.05) is 33.6 Å². The number of hydrogen-bond acceptors (Lipinski definition) is 1. The molecule has 1 nitrogen and oxygen atoms in total. The molecule has 106 valence electrons. The lowest BCUT2D eigenvalue weighted by Gasteiger charge is -2.46. The molecule has 0 radical (unpaired) electrons. The van der Waals surface area contributed by atoms with Crippen LogP contribution in [0.3, 0.4) is 0 Å². The largest absolute Gasteiger partial charge is 0.319 e. The maximum atomic E-state index is 3.44. The number of rotatable bonds is 3. The molecule has 1 heteroatoms. The average Bonchev–Trinajstić information content (AvgIpc) is 2.32. The van der Waals surface area contributed by atoms with Crippen LogP contribution < -0.4 is 5.32 Å². The van der Waals surface area contributed by atoms with Gasteiger partial charge in [0.1, 0.15) is 0 Å². The Morgan fingerprint density at radius 1 is 1.06 bits per heavy atom. The Balaban J connectivity index is 2.00. The van der Waals surface area contributed by atoms with Crippen LogP contribution in [-0.4, -0.2) is 13.6 Å². The van der Waals surface area contributed by atoms with Gasteiger partial charge in [-0.2, -0.15) is 0 Å². The maximum absolute atomic E-state index is 3.44. The van der Waals surface area contributed by atoms with Crippen molar-refractivity contribution in [3.8, 4) is 0 Å². The van der Waals surface area contributed by atoms with E-state index in [4.69, 9.17) is 0 Å². The summed E-state index contributed by atoms with van der Waals surface area (Å²) < 4.78 is 0. The van der Waals surface area contributed by atoms with Gasteiger partial charge in [-0.25, -0.2) is 0 Å². The van der Waals surface area contributed by atoms with Crippen LogP contribution in [0.5, 0.6) is 0 Å². The molecule has 0 aliphatic heterocycles. The summed E-state index contributed by atoms with van der Waals surface area (Å²) in [6.45, 7) is 8.65. The van der Waals surface area contributed by atoms with Gasteiger partial charge in [0.15, 0.2) is 0 Å². The first-order valence-corrected chi connectivity index (χ1v) is 8.16. The minimum Gasteiger partial charge on any atom is -0.319 e. The quantitative estimate of drug-likeness (QED) is 0.780. The fourth-order valence-electron chi connectivity index (χ4n) is 4.48. The Bertz CT molecular complexity index is 250. The molecular weight excluding hydrogens is 218 g/mol. The molecule has 2 unspecified atom stereocenters. The van der Waals surface area contributed by atoms with Crippen molar-refractivity contribution in [3.05, 3.63) is 0 Å². The van der Waals surface area contributed by atoms with Crippen molar-refractivity contribution in [2.75, 3.05) is 13.6 Å². The molecule has 2 aliphatic rings. The van der Waals surface area contributed by atoms with Crippen LogP contribution in [0.4, 0.5) is 0 Å². The molecule has 2 fully saturated rings. The van der Waals surface area contributed by atoms with E-state index in [-0.39, 0.29) is 0 Å². The summed E-state index contributed by atoms with van der Waals surface area (Å²) in [6.07, 6.45) is 10.3. The highest BCUT2D eigenvalue weighted by molar-refractivity contribution is 4.90. The molecule has 0 saturated heterocycles. The molecule has 0 amide bonds. The van der Waals surface area contributed by atoms with Gasteiger partial charge in [-0.05, 0) is 74.8 Å². The predicted molar refractivity (Wildman–Crippen MR) is 79.7 cm³/mol. The van der Waals surface area contributed by atoms with Gasteiger partial charge in [0.2, 0.25) is 0 Å². The first-order chi connectivity index (χ1) is 8.52. The molecule has 2 aliphatic carbocycles. The molecule has 18 heavy (non-hydrogen) atoms. The molecule has 0 heterocycles. The van der Waals surface area contributed by atoms with Crippen molar-refractivity contribution in [2.45, 2.75) is 65.7 Å². The monoisotopic (exact) mass is 251 g/mol. The summed E-state index contributed by atoms with van der Waals surface area (Å²) in [5, 5.41) is 3.44. The first kappa shape index (κ1) is 14.4. The third kappa shape index (κ3) is 3.50. The van der Waals surface area contributed by atoms with Gasteiger partial charge in [0.05, 0.1) is 0 Å². The minimum absolute atomic E-state index is 0.595. The zero-order valence-corrected chi connectivity index (χ0v) is 13.0. The molecule has 0 aromatic carbocycles. The van der Waals surface area contributed by atoms with Gasteiger partial charge in [-0.15, -0.1) is 0 Å². The van der Waals surface area contributed by atoms with Gasteiger partial charge in [0, 0.05) is 0 Å². The van der Waals surface area contributed by atoms with Crippen LogP contribution in [0, 0.1) is 29.1 Å². The highest BCUT2D eigenvalue weighted by Crippen LogP contribution is 2.48. The van der Waals surface area contributed by atoms with Crippen molar-refractivity contribution in [1.29, 1.82) is 0 Å². The summed E-state index contributed by atoms with van der Waals surface area (Å²) >= 11 is 0. The Kier molecular flexibility index (Phi) is 4.75. The molecule has 0 aromatic heterocycles. The third-order valence-corrected chi connectivity index (χ3v) is 5.72. The van der Waals surface area contributed by atoms with E-state index in [1.807, 2.05) is 0 Å². The number of hydrogen-bond donors (Lipinski definition) is 1. The summed E-state index contributed by atoms with van der Waals surface area (Å²) in [6, 6.07) is 0. The Morgan fingerprint density at radius 2 is 1.72 bits per heavy atom. The normalized spacial score (nSPS) is 40.7. The molecule has 0 bridgehead atoms. The fourth-order valence-corrected chi connectivity index (χ4v) is 4.48. The summed E-state index contributed by atoms with van der Waals surface area (Å²) in [5.74, 6) is 3.95. The van der Waals surface area contributed by atoms with E-state index in [1.54, 1.807) is 0 Å². The van der Waals surface area contributed by atoms with E-state index in [1.165, 1.54) is 51.5 Å². The zero-order valence-electron chi connectivity index (χ0n) is 13.0. The number of nitrogens with one attached hydrogen (secondary N) is 1. The molecule has 1 N–H and O–H groups in total. The molecule has 0 spiro atoms. The smallest absolute Gasteiger partial charge is 0.00208 e. The average molecular weight is 251 g/mol. The highest BCUT2D eigenvalue weighted by Gasteiger charge is 2.39. The summed E-state index contributed by atoms with van der Waals surface area (Å²) in [5.41, 5.74) is 0.595. The van der Waals surface area contributed by atoms with E-state index in [9.17, 15) is 0 Å². The Labute approximate surface area is 114 Å². The van der Waals surface area contributed by atoms with E-state index in [2.05, 4.69) is 33.1 Å². The third-order valence-electron chi connectivity index (χ3n) is 5.72. The van der Waals surface area contributed by atoms with E-state index in [0.717, 1.165) is 23.7 Å². The lowest BCUT2D eigenvalue weighted by molar-refractivity contribution is 0.0524.